The monoisotopic (exact) mass is 507 g/mol. The van der Waals surface area contributed by atoms with Gasteiger partial charge in [0.15, 0.2) is 11.6 Å². The number of rotatable bonds is 10. The average Bonchev–Trinajstić information content (AvgIpc) is 2.88. The van der Waals surface area contributed by atoms with Crippen LogP contribution in [-0.2, 0) is 17.6 Å². The van der Waals surface area contributed by atoms with Gasteiger partial charge in [-0.15, -0.1) is 0 Å². The third kappa shape index (κ3) is 6.04. The minimum absolute atomic E-state index is 0.145. The number of ether oxygens (including phenoxy) is 1. The summed E-state index contributed by atoms with van der Waals surface area (Å²) in [6.07, 6.45) is 5.50. The molecule has 190 valence electrons. The smallest absolute Gasteiger partial charge is 0.303 e. The van der Waals surface area contributed by atoms with E-state index in [4.69, 9.17) is 9.84 Å². The number of fused-ring (bicyclic) bond motifs is 1. The molecule has 1 aliphatic heterocycles. The van der Waals surface area contributed by atoms with E-state index in [0.29, 0.717) is 24.3 Å². The van der Waals surface area contributed by atoms with Crippen LogP contribution in [0.5, 0.6) is 5.75 Å². The van der Waals surface area contributed by atoms with E-state index in [-0.39, 0.29) is 18.3 Å². The van der Waals surface area contributed by atoms with Crippen LogP contribution in [-0.4, -0.2) is 29.7 Å². The quantitative estimate of drug-likeness (QED) is 0.281. The van der Waals surface area contributed by atoms with Crippen molar-refractivity contribution in [1.29, 1.82) is 0 Å². The molecule has 0 saturated heterocycles. The van der Waals surface area contributed by atoms with Gasteiger partial charge in [0.1, 0.15) is 0 Å². The molecule has 3 aromatic rings. The Bertz CT molecular complexity index is 1240. The van der Waals surface area contributed by atoms with E-state index >= 15 is 4.39 Å². The van der Waals surface area contributed by atoms with Crippen LogP contribution in [0.15, 0.2) is 48.5 Å². The molecule has 2 N–H and O–H groups in total. The molecule has 1 unspecified atom stereocenters. The number of thioether (sulfide) groups is 1. The van der Waals surface area contributed by atoms with Crippen LogP contribution in [0.25, 0.3) is 11.1 Å². The van der Waals surface area contributed by atoms with E-state index in [1.807, 2.05) is 38.1 Å². The van der Waals surface area contributed by atoms with E-state index in [2.05, 4.69) is 35.8 Å². The van der Waals surface area contributed by atoms with Crippen molar-refractivity contribution >= 4 is 23.4 Å². The lowest BCUT2D eigenvalue weighted by molar-refractivity contribution is -0.136. The van der Waals surface area contributed by atoms with Gasteiger partial charge in [-0.25, -0.2) is 4.39 Å². The molecule has 0 spiro atoms. The third-order valence-electron chi connectivity index (χ3n) is 6.82. The first-order chi connectivity index (χ1) is 17.4. The van der Waals surface area contributed by atoms with E-state index in [0.717, 1.165) is 53.0 Å². The van der Waals surface area contributed by atoms with Gasteiger partial charge in [0.2, 0.25) is 0 Å². The van der Waals surface area contributed by atoms with Gasteiger partial charge in [0.05, 0.1) is 12.6 Å². The van der Waals surface area contributed by atoms with Crippen molar-refractivity contribution in [1.82, 2.24) is 0 Å². The Morgan fingerprint density at radius 1 is 1.19 bits per heavy atom. The lowest BCUT2D eigenvalue weighted by atomic mass is 9.89. The number of benzene rings is 3. The largest absolute Gasteiger partial charge is 0.490 e. The number of halogens is 1. The molecular formula is C30H34FNO3S. The highest BCUT2D eigenvalue weighted by Gasteiger charge is 2.21. The summed E-state index contributed by atoms with van der Waals surface area (Å²) in [6.45, 7) is 4.36. The molecule has 1 heterocycles. The molecule has 0 aliphatic carbocycles. The number of hydrogen-bond acceptors (Lipinski definition) is 4. The van der Waals surface area contributed by atoms with Crippen LogP contribution in [0.1, 0.15) is 53.1 Å². The summed E-state index contributed by atoms with van der Waals surface area (Å²) in [7, 11) is 0. The number of nitrogens with one attached hydrogen (secondary N) is 1. The molecular weight excluding hydrogens is 473 g/mol. The zero-order valence-corrected chi connectivity index (χ0v) is 22.0. The number of aliphatic carboxylic acids is 1. The lowest BCUT2D eigenvalue weighted by Gasteiger charge is -2.28. The average molecular weight is 508 g/mol. The fraction of sp³-hybridized carbons (Fsp3) is 0.367. The van der Waals surface area contributed by atoms with E-state index in [1.165, 1.54) is 11.1 Å². The zero-order chi connectivity index (χ0) is 25.7. The maximum absolute atomic E-state index is 15.2. The van der Waals surface area contributed by atoms with Crippen LogP contribution in [0.3, 0.4) is 0 Å². The first-order valence-electron chi connectivity index (χ1n) is 12.5. The minimum atomic E-state index is -0.774. The lowest BCUT2D eigenvalue weighted by Crippen LogP contribution is -2.18. The Morgan fingerprint density at radius 3 is 2.81 bits per heavy atom. The van der Waals surface area contributed by atoms with E-state index in [1.54, 1.807) is 11.8 Å². The van der Waals surface area contributed by atoms with Crippen LogP contribution >= 0.6 is 11.8 Å². The van der Waals surface area contributed by atoms with Crippen LogP contribution in [0.2, 0.25) is 0 Å². The second-order valence-corrected chi connectivity index (χ2v) is 10.4. The van der Waals surface area contributed by atoms with Gasteiger partial charge >= 0.3 is 5.97 Å². The number of anilines is 1. The summed E-state index contributed by atoms with van der Waals surface area (Å²) in [5, 5.41) is 12.6. The summed E-state index contributed by atoms with van der Waals surface area (Å²) in [4.78, 5) is 10.9. The Kier molecular flexibility index (Phi) is 8.57. The molecule has 1 aliphatic rings. The van der Waals surface area contributed by atoms with Crippen molar-refractivity contribution in [3.05, 3.63) is 82.2 Å². The van der Waals surface area contributed by atoms with Gasteiger partial charge in [0, 0.05) is 12.1 Å². The van der Waals surface area contributed by atoms with Gasteiger partial charge in [-0.2, -0.15) is 11.8 Å². The Hall–Kier alpha value is -2.99. The highest BCUT2D eigenvalue weighted by molar-refractivity contribution is 7.98. The maximum atomic E-state index is 15.2. The summed E-state index contributed by atoms with van der Waals surface area (Å²) < 4.78 is 21.0. The van der Waals surface area contributed by atoms with Gasteiger partial charge < -0.3 is 15.2 Å². The van der Waals surface area contributed by atoms with Crippen LogP contribution in [0, 0.1) is 19.7 Å². The Balaban J connectivity index is 1.53. The second-order valence-electron chi connectivity index (χ2n) is 9.45. The molecule has 0 radical (unpaired) electrons. The van der Waals surface area contributed by atoms with Gasteiger partial charge in [-0.3, -0.25) is 4.79 Å². The van der Waals surface area contributed by atoms with Crippen molar-refractivity contribution in [3.8, 4) is 16.9 Å². The molecule has 0 aromatic heterocycles. The summed E-state index contributed by atoms with van der Waals surface area (Å²) in [5.41, 5.74) is 8.10. The van der Waals surface area contributed by atoms with Crippen molar-refractivity contribution < 1.29 is 19.0 Å². The number of hydrogen-bond donors (Lipinski definition) is 2. The number of carboxylic acid groups (broad SMARTS) is 1. The predicted molar refractivity (Wildman–Crippen MR) is 147 cm³/mol. The summed E-state index contributed by atoms with van der Waals surface area (Å²) in [5.74, 6) is 0.271. The molecule has 0 saturated carbocycles. The Labute approximate surface area is 217 Å². The van der Waals surface area contributed by atoms with Gasteiger partial charge in [0.25, 0.3) is 0 Å². The molecule has 4 rings (SSSR count). The standard InChI is InChI=1S/C30H34FNO3S/c1-19-16-27(35-14-5-15-36-3)30(31)20(2)29(19)24-7-4-6-22(18-24)26-12-10-23-17-21(9-13-28(33)34)8-11-25(23)32-26/h4,6-8,11,16-18,26,32H,5,9-10,12-15H2,1-3H3,(H,33,34). The van der Waals surface area contributed by atoms with E-state index in [9.17, 15) is 4.79 Å². The summed E-state index contributed by atoms with van der Waals surface area (Å²) in [6, 6.07) is 16.5. The number of carbonyl (C=O) groups is 1. The Morgan fingerprint density at radius 2 is 2.03 bits per heavy atom. The molecule has 4 nitrogen and oxygen atoms in total. The zero-order valence-electron chi connectivity index (χ0n) is 21.2. The fourth-order valence-electron chi connectivity index (χ4n) is 4.98. The second kappa shape index (κ2) is 11.8. The predicted octanol–water partition coefficient (Wildman–Crippen LogP) is 7.36. The van der Waals surface area contributed by atoms with Gasteiger partial charge in [-0.1, -0.05) is 30.3 Å². The summed E-state index contributed by atoms with van der Waals surface area (Å²) >= 11 is 1.76. The third-order valence-corrected chi connectivity index (χ3v) is 7.52. The van der Waals surface area contributed by atoms with Crippen molar-refractivity contribution in [2.24, 2.45) is 0 Å². The topological polar surface area (TPSA) is 58.6 Å². The first kappa shape index (κ1) is 26.1. The highest BCUT2D eigenvalue weighted by Crippen LogP contribution is 2.38. The molecule has 0 amide bonds. The molecule has 1 atom stereocenters. The van der Waals surface area contributed by atoms with Crippen LogP contribution < -0.4 is 10.1 Å². The van der Waals surface area contributed by atoms with Crippen molar-refractivity contribution in [3.63, 3.8) is 0 Å². The fourth-order valence-corrected chi connectivity index (χ4v) is 5.39. The molecule has 3 aromatic carbocycles. The first-order valence-corrected chi connectivity index (χ1v) is 13.9. The molecule has 36 heavy (non-hydrogen) atoms. The molecule has 0 bridgehead atoms. The number of carboxylic acids is 1. The van der Waals surface area contributed by atoms with Crippen molar-refractivity contribution in [2.45, 2.75) is 52.0 Å². The van der Waals surface area contributed by atoms with Gasteiger partial charge in [-0.05, 0) is 109 Å². The van der Waals surface area contributed by atoms with E-state index < -0.39 is 5.97 Å². The highest BCUT2D eigenvalue weighted by atomic mass is 32.2. The number of aryl methyl sites for hydroxylation is 3. The SMILES string of the molecule is CSCCCOc1cc(C)c(-c2cccc(C3CCc4cc(CCC(=O)O)ccc4N3)c2)c(C)c1F. The van der Waals surface area contributed by atoms with Crippen molar-refractivity contribution in [2.75, 3.05) is 23.9 Å². The normalized spacial score (nSPS) is 14.7. The minimum Gasteiger partial charge on any atom is -0.490 e. The van der Waals surface area contributed by atoms with Crippen LogP contribution in [0.4, 0.5) is 10.1 Å². The maximum Gasteiger partial charge on any atom is 0.303 e. The molecule has 0 fully saturated rings. The molecule has 6 heteroatoms.